The van der Waals surface area contributed by atoms with Crippen LogP contribution in [0.3, 0.4) is 0 Å². The van der Waals surface area contributed by atoms with E-state index in [1.807, 2.05) is 0 Å². The molecule has 0 aromatic heterocycles. The summed E-state index contributed by atoms with van der Waals surface area (Å²) in [5, 5.41) is 3.36. The summed E-state index contributed by atoms with van der Waals surface area (Å²) in [4.78, 5) is 0. The molecule has 2 atom stereocenters. The maximum atomic E-state index is 5.79. The van der Waals surface area contributed by atoms with Crippen molar-refractivity contribution in [2.45, 2.75) is 44.8 Å². The Balaban J connectivity index is 1.98. The van der Waals surface area contributed by atoms with Crippen LogP contribution in [-0.2, 0) is 4.74 Å². The number of ether oxygens (including phenoxy) is 1. The maximum Gasteiger partial charge on any atom is 0.0699 e. The van der Waals surface area contributed by atoms with Crippen LogP contribution in [0.25, 0.3) is 0 Å². The Morgan fingerprint density at radius 2 is 2.38 bits per heavy atom. The Hall–Kier alpha value is -0.120. The zero-order chi connectivity index (χ0) is 9.52. The van der Waals surface area contributed by atoms with Crippen molar-refractivity contribution < 1.29 is 4.74 Å². The minimum atomic E-state index is 0.295. The fourth-order valence-corrected chi connectivity index (χ4v) is 1.54. The SMILES string of the molecule is CCC(N)CNCC1CCCCO1. The highest BCUT2D eigenvalue weighted by molar-refractivity contribution is 4.69. The van der Waals surface area contributed by atoms with Gasteiger partial charge in [-0.05, 0) is 25.7 Å². The molecule has 78 valence electrons. The Kier molecular flexibility index (Phi) is 5.35. The van der Waals surface area contributed by atoms with E-state index in [-0.39, 0.29) is 0 Å². The summed E-state index contributed by atoms with van der Waals surface area (Å²) >= 11 is 0. The first kappa shape index (κ1) is 11.0. The second-order valence-electron chi connectivity index (χ2n) is 3.82. The van der Waals surface area contributed by atoms with Crippen molar-refractivity contribution in [1.82, 2.24) is 5.32 Å². The van der Waals surface area contributed by atoms with Crippen molar-refractivity contribution >= 4 is 0 Å². The normalized spacial score (nSPS) is 25.8. The zero-order valence-electron chi connectivity index (χ0n) is 8.59. The van der Waals surface area contributed by atoms with Gasteiger partial charge in [0.15, 0.2) is 0 Å². The van der Waals surface area contributed by atoms with E-state index in [2.05, 4.69) is 12.2 Å². The largest absolute Gasteiger partial charge is 0.377 e. The van der Waals surface area contributed by atoms with E-state index < -0.39 is 0 Å². The van der Waals surface area contributed by atoms with Gasteiger partial charge in [-0.25, -0.2) is 0 Å². The highest BCUT2D eigenvalue weighted by Gasteiger charge is 2.12. The van der Waals surface area contributed by atoms with Gasteiger partial charge in [-0.2, -0.15) is 0 Å². The molecule has 0 bridgehead atoms. The third-order valence-corrected chi connectivity index (χ3v) is 2.58. The fourth-order valence-electron chi connectivity index (χ4n) is 1.54. The van der Waals surface area contributed by atoms with Crippen LogP contribution in [0.5, 0.6) is 0 Å². The summed E-state index contributed by atoms with van der Waals surface area (Å²) in [6.45, 7) is 4.93. The molecule has 3 heteroatoms. The molecule has 1 fully saturated rings. The van der Waals surface area contributed by atoms with Gasteiger partial charge >= 0.3 is 0 Å². The summed E-state index contributed by atoms with van der Waals surface area (Å²) in [5.74, 6) is 0. The number of nitrogens with one attached hydrogen (secondary N) is 1. The molecular weight excluding hydrogens is 164 g/mol. The lowest BCUT2D eigenvalue weighted by molar-refractivity contribution is 0.0169. The van der Waals surface area contributed by atoms with Crippen molar-refractivity contribution in [2.75, 3.05) is 19.7 Å². The van der Waals surface area contributed by atoms with Crippen molar-refractivity contribution in [3.8, 4) is 0 Å². The molecule has 0 saturated carbocycles. The second-order valence-corrected chi connectivity index (χ2v) is 3.82. The van der Waals surface area contributed by atoms with Crippen LogP contribution in [0.4, 0.5) is 0 Å². The quantitative estimate of drug-likeness (QED) is 0.670. The van der Waals surface area contributed by atoms with Gasteiger partial charge in [0.05, 0.1) is 6.10 Å². The van der Waals surface area contributed by atoms with Crippen LogP contribution in [0.15, 0.2) is 0 Å². The molecule has 0 aromatic rings. The second kappa shape index (κ2) is 6.35. The van der Waals surface area contributed by atoms with E-state index in [0.29, 0.717) is 12.1 Å². The van der Waals surface area contributed by atoms with Crippen molar-refractivity contribution in [2.24, 2.45) is 5.73 Å². The molecule has 3 nitrogen and oxygen atoms in total. The van der Waals surface area contributed by atoms with Gasteiger partial charge in [0.2, 0.25) is 0 Å². The Labute approximate surface area is 81.0 Å². The van der Waals surface area contributed by atoms with Gasteiger partial charge in [0.25, 0.3) is 0 Å². The van der Waals surface area contributed by atoms with Crippen LogP contribution in [0, 0.1) is 0 Å². The number of hydrogen-bond acceptors (Lipinski definition) is 3. The molecule has 0 aromatic carbocycles. The highest BCUT2D eigenvalue weighted by Crippen LogP contribution is 2.11. The summed E-state index contributed by atoms with van der Waals surface area (Å²) in [5.41, 5.74) is 5.79. The maximum absolute atomic E-state index is 5.79. The van der Waals surface area contributed by atoms with Gasteiger partial charge in [-0.1, -0.05) is 6.92 Å². The van der Waals surface area contributed by atoms with E-state index in [9.17, 15) is 0 Å². The van der Waals surface area contributed by atoms with Gasteiger partial charge in [0, 0.05) is 25.7 Å². The van der Waals surface area contributed by atoms with Gasteiger partial charge in [-0.3, -0.25) is 0 Å². The first-order chi connectivity index (χ1) is 6.33. The Morgan fingerprint density at radius 1 is 1.54 bits per heavy atom. The molecule has 13 heavy (non-hydrogen) atoms. The van der Waals surface area contributed by atoms with Crippen LogP contribution in [0.1, 0.15) is 32.6 Å². The molecule has 1 aliphatic rings. The van der Waals surface area contributed by atoms with Gasteiger partial charge < -0.3 is 15.8 Å². The van der Waals surface area contributed by atoms with E-state index in [0.717, 1.165) is 26.1 Å². The van der Waals surface area contributed by atoms with Crippen molar-refractivity contribution in [3.05, 3.63) is 0 Å². The number of nitrogens with two attached hydrogens (primary N) is 1. The van der Waals surface area contributed by atoms with Crippen LogP contribution in [-0.4, -0.2) is 31.8 Å². The minimum Gasteiger partial charge on any atom is -0.377 e. The molecule has 0 spiro atoms. The summed E-state index contributed by atoms with van der Waals surface area (Å²) in [6, 6.07) is 0.295. The van der Waals surface area contributed by atoms with E-state index in [1.165, 1.54) is 19.3 Å². The summed E-state index contributed by atoms with van der Waals surface area (Å²) in [7, 11) is 0. The molecule has 0 aliphatic carbocycles. The molecule has 0 radical (unpaired) electrons. The third kappa shape index (κ3) is 4.60. The lowest BCUT2D eigenvalue weighted by Gasteiger charge is -2.23. The van der Waals surface area contributed by atoms with E-state index in [1.54, 1.807) is 0 Å². The highest BCUT2D eigenvalue weighted by atomic mass is 16.5. The van der Waals surface area contributed by atoms with Crippen LogP contribution < -0.4 is 11.1 Å². The molecule has 1 saturated heterocycles. The Bertz CT molecular complexity index is 124. The van der Waals surface area contributed by atoms with Crippen LogP contribution >= 0.6 is 0 Å². The standard InChI is InChI=1S/C10H22N2O/c1-2-9(11)7-12-8-10-5-3-4-6-13-10/h9-10,12H,2-8,11H2,1H3. The average molecular weight is 186 g/mol. The topological polar surface area (TPSA) is 47.3 Å². The van der Waals surface area contributed by atoms with E-state index in [4.69, 9.17) is 10.5 Å². The summed E-state index contributed by atoms with van der Waals surface area (Å²) < 4.78 is 5.59. The van der Waals surface area contributed by atoms with Crippen LogP contribution in [0.2, 0.25) is 0 Å². The fraction of sp³-hybridized carbons (Fsp3) is 1.00. The number of rotatable bonds is 5. The Morgan fingerprint density at radius 3 is 3.00 bits per heavy atom. The smallest absolute Gasteiger partial charge is 0.0699 e. The lowest BCUT2D eigenvalue weighted by atomic mass is 10.1. The minimum absolute atomic E-state index is 0.295. The zero-order valence-corrected chi connectivity index (χ0v) is 8.59. The lowest BCUT2D eigenvalue weighted by Crippen LogP contribution is -2.38. The molecular formula is C10H22N2O. The van der Waals surface area contributed by atoms with Crippen molar-refractivity contribution in [3.63, 3.8) is 0 Å². The third-order valence-electron chi connectivity index (χ3n) is 2.58. The molecule has 1 rings (SSSR count). The summed E-state index contributed by atoms with van der Waals surface area (Å²) in [6.07, 6.45) is 5.21. The predicted octanol–water partition coefficient (Wildman–Crippen LogP) is 0.882. The van der Waals surface area contributed by atoms with Gasteiger partial charge in [0.1, 0.15) is 0 Å². The molecule has 1 aliphatic heterocycles. The van der Waals surface area contributed by atoms with Crippen molar-refractivity contribution in [1.29, 1.82) is 0 Å². The monoisotopic (exact) mass is 186 g/mol. The van der Waals surface area contributed by atoms with Gasteiger partial charge in [-0.15, -0.1) is 0 Å². The molecule has 2 unspecified atom stereocenters. The predicted molar refractivity (Wildman–Crippen MR) is 54.7 cm³/mol. The number of hydrogen-bond donors (Lipinski definition) is 2. The average Bonchev–Trinajstić information content (AvgIpc) is 2.19. The molecule has 0 amide bonds. The first-order valence-corrected chi connectivity index (χ1v) is 5.40. The molecule has 3 N–H and O–H groups in total. The first-order valence-electron chi connectivity index (χ1n) is 5.40. The van der Waals surface area contributed by atoms with E-state index >= 15 is 0 Å². The molecule has 1 heterocycles.